The van der Waals surface area contributed by atoms with Crippen LogP contribution in [0.4, 0.5) is 0 Å². The second-order valence-electron chi connectivity index (χ2n) is 2.63. The highest BCUT2D eigenvalue weighted by Gasteiger charge is 2.28. The second-order valence-corrected chi connectivity index (χ2v) is 2.63. The van der Waals surface area contributed by atoms with E-state index in [2.05, 4.69) is 9.98 Å². The number of carbonyl (C=O) groups excluding carboxylic acids is 2. The lowest BCUT2D eigenvalue weighted by Gasteiger charge is -1.95. The molecule has 2 heterocycles. The van der Waals surface area contributed by atoms with Gasteiger partial charge in [-0.25, -0.2) is 9.78 Å². The van der Waals surface area contributed by atoms with Crippen LogP contribution >= 0.6 is 0 Å². The molecular formula is C8H6N3O2+. The number of nitrogens with zero attached hydrogens (tertiary/aromatic N) is 3. The Morgan fingerprint density at radius 1 is 1.38 bits per heavy atom. The van der Waals surface area contributed by atoms with Crippen molar-refractivity contribution in [3.05, 3.63) is 29.2 Å². The molecule has 0 spiro atoms. The summed E-state index contributed by atoms with van der Waals surface area (Å²) >= 11 is 0. The first kappa shape index (κ1) is 7.72. The molecule has 2 rings (SSSR count). The fourth-order valence-electron chi connectivity index (χ4n) is 1.13. The minimum absolute atomic E-state index is 0.301. The maximum atomic E-state index is 11.1. The van der Waals surface area contributed by atoms with Crippen LogP contribution in [0.3, 0.4) is 0 Å². The zero-order valence-electron chi connectivity index (χ0n) is 6.89. The van der Waals surface area contributed by atoms with Crippen molar-refractivity contribution in [2.24, 2.45) is 4.99 Å². The van der Waals surface area contributed by atoms with Crippen LogP contribution in [0, 0.1) is 0 Å². The number of pyridine rings is 1. The van der Waals surface area contributed by atoms with Gasteiger partial charge >= 0.3 is 11.8 Å². The lowest BCUT2D eigenvalue weighted by atomic mass is 10.4. The first-order valence-electron chi connectivity index (χ1n) is 3.69. The van der Waals surface area contributed by atoms with Gasteiger partial charge in [-0.3, -0.25) is 4.79 Å². The molecule has 1 aliphatic rings. The molecule has 5 heteroatoms. The number of fused-ring (bicyclic) bond motifs is 1. The largest absolute Gasteiger partial charge is 0.479 e. The van der Waals surface area contributed by atoms with E-state index in [-0.39, 0.29) is 0 Å². The molecule has 0 atom stereocenters. The lowest BCUT2D eigenvalue weighted by Crippen LogP contribution is -2.49. The van der Waals surface area contributed by atoms with Crippen LogP contribution < -0.4 is 15.4 Å². The molecular weight excluding hydrogens is 170 g/mol. The molecule has 0 bridgehead atoms. The molecule has 0 saturated carbocycles. The normalized spacial score (nSPS) is 15.3. The van der Waals surface area contributed by atoms with Gasteiger partial charge in [0.25, 0.3) is 5.36 Å². The number of rotatable bonds is 0. The Balaban J connectivity index is 2.97. The first-order valence-corrected chi connectivity index (χ1v) is 3.69. The highest BCUT2D eigenvalue weighted by Crippen LogP contribution is 1.80. The van der Waals surface area contributed by atoms with Crippen LogP contribution in [-0.2, 0) is 9.59 Å². The summed E-state index contributed by atoms with van der Waals surface area (Å²) in [5, 5.41) is 0.562. The summed E-state index contributed by atoms with van der Waals surface area (Å²) in [4.78, 5) is 29.5. The molecule has 1 aromatic heterocycles. The Morgan fingerprint density at radius 2 is 2.15 bits per heavy atom. The number of amides is 2. The maximum Gasteiger partial charge on any atom is 0.479 e. The van der Waals surface area contributed by atoms with Crippen molar-refractivity contribution in [3.63, 3.8) is 0 Å². The molecule has 1 aromatic rings. The SMILES string of the molecule is C[N+]1=c2cccnc2=NC(=O)C1=O. The van der Waals surface area contributed by atoms with E-state index in [1.807, 2.05) is 0 Å². The predicted molar refractivity (Wildman–Crippen MR) is 42.2 cm³/mol. The van der Waals surface area contributed by atoms with Gasteiger partial charge in [-0.1, -0.05) is 0 Å². The van der Waals surface area contributed by atoms with E-state index in [4.69, 9.17) is 0 Å². The van der Waals surface area contributed by atoms with Crippen LogP contribution in [0.1, 0.15) is 0 Å². The van der Waals surface area contributed by atoms with Crippen molar-refractivity contribution in [1.29, 1.82) is 0 Å². The topological polar surface area (TPSA) is 62.4 Å². The fourth-order valence-corrected chi connectivity index (χ4v) is 1.13. The van der Waals surface area contributed by atoms with Crippen molar-refractivity contribution < 1.29 is 9.59 Å². The fraction of sp³-hybridized carbons (Fsp3) is 0.125. The van der Waals surface area contributed by atoms with Crippen LogP contribution in [-0.4, -0.2) is 23.8 Å². The molecule has 13 heavy (non-hydrogen) atoms. The van der Waals surface area contributed by atoms with Crippen LogP contribution in [0.5, 0.6) is 0 Å². The third kappa shape index (κ3) is 1.05. The molecule has 0 radical (unpaired) electrons. The minimum atomic E-state index is -0.770. The summed E-state index contributed by atoms with van der Waals surface area (Å²) < 4.78 is 1.25. The monoisotopic (exact) mass is 176 g/mol. The summed E-state index contributed by atoms with van der Waals surface area (Å²) in [6.45, 7) is 0. The second kappa shape index (κ2) is 2.55. The number of likely N-dealkylation sites (N-methyl/N-ethyl adjacent to an activating group) is 1. The number of carbonyl (C=O) groups is 2. The number of hydrogen-bond acceptors (Lipinski definition) is 3. The van der Waals surface area contributed by atoms with E-state index >= 15 is 0 Å². The van der Waals surface area contributed by atoms with Crippen molar-refractivity contribution >= 4 is 11.8 Å². The molecule has 2 amide bonds. The van der Waals surface area contributed by atoms with Gasteiger partial charge in [-0.15, -0.1) is 0 Å². The predicted octanol–water partition coefficient (Wildman–Crippen LogP) is -2.11. The van der Waals surface area contributed by atoms with Crippen molar-refractivity contribution in [3.8, 4) is 0 Å². The highest BCUT2D eigenvalue weighted by atomic mass is 16.2. The smallest absolute Gasteiger partial charge is 0.255 e. The van der Waals surface area contributed by atoms with Gasteiger partial charge in [-0.05, 0) is 6.07 Å². The van der Waals surface area contributed by atoms with Gasteiger partial charge in [0.1, 0.15) is 7.05 Å². The van der Waals surface area contributed by atoms with Gasteiger partial charge in [-0.2, -0.15) is 9.57 Å². The van der Waals surface area contributed by atoms with Crippen LogP contribution in [0.2, 0.25) is 0 Å². The standard InChI is InChI=1S/C8H6N3O2/c1-11-5-3-2-4-9-6(5)10-7(12)8(11)13/h2-4H,1H3/q+1. The molecule has 0 saturated heterocycles. The van der Waals surface area contributed by atoms with Crippen LogP contribution in [0.15, 0.2) is 23.3 Å². The van der Waals surface area contributed by atoms with E-state index < -0.39 is 11.8 Å². The molecule has 0 aliphatic carbocycles. The maximum absolute atomic E-state index is 11.1. The summed E-state index contributed by atoms with van der Waals surface area (Å²) in [6.07, 6.45) is 1.53. The summed E-state index contributed by atoms with van der Waals surface area (Å²) in [7, 11) is 1.52. The van der Waals surface area contributed by atoms with E-state index in [0.29, 0.717) is 10.8 Å². The Kier molecular flexibility index (Phi) is 1.51. The zero-order valence-corrected chi connectivity index (χ0v) is 6.89. The Morgan fingerprint density at radius 3 is 2.92 bits per heavy atom. The zero-order chi connectivity index (χ0) is 9.42. The molecule has 0 N–H and O–H groups in total. The first-order chi connectivity index (χ1) is 6.20. The molecule has 1 aliphatic heterocycles. The number of aromatic nitrogens is 1. The van der Waals surface area contributed by atoms with E-state index in [1.165, 1.54) is 17.8 Å². The molecule has 64 valence electrons. The lowest BCUT2D eigenvalue weighted by molar-refractivity contribution is -0.138. The van der Waals surface area contributed by atoms with Gasteiger partial charge < -0.3 is 0 Å². The Labute approximate surface area is 73.1 Å². The van der Waals surface area contributed by atoms with Gasteiger partial charge in [0, 0.05) is 12.3 Å². The Bertz CT molecular complexity index is 518. The van der Waals surface area contributed by atoms with Gasteiger partial charge in [0.05, 0.1) is 0 Å². The van der Waals surface area contributed by atoms with Gasteiger partial charge in [0.15, 0.2) is 0 Å². The molecule has 5 nitrogen and oxygen atoms in total. The van der Waals surface area contributed by atoms with E-state index in [1.54, 1.807) is 12.1 Å². The van der Waals surface area contributed by atoms with E-state index in [0.717, 1.165) is 0 Å². The molecule has 0 aromatic carbocycles. The highest BCUT2D eigenvalue weighted by molar-refractivity contribution is 6.36. The average molecular weight is 176 g/mol. The number of hydrogen-bond donors (Lipinski definition) is 0. The van der Waals surface area contributed by atoms with Crippen molar-refractivity contribution in [1.82, 2.24) is 9.56 Å². The quantitative estimate of drug-likeness (QED) is 0.335. The minimum Gasteiger partial charge on any atom is -0.255 e. The third-order valence-corrected chi connectivity index (χ3v) is 1.82. The van der Waals surface area contributed by atoms with Crippen LogP contribution in [0.25, 0.3) is 0 Å². The van der Waals surface area contributed by atoms with E-state index in [9.17, 15) is 9.59 Å². The van der Waals surface area contributed by atoms with Crippen molar-refractivity contribution in [2.75, 3.05) is 7.05 Å². The Hall–Kier alpha value is -1.91. The molecule has 0 unspecified atom stereocenters. The third-order valence-electron chi connectivity index (χ3n) is 1.82. The van der Waals surface area contributed by atoms with Crippen molar-refractivity contribution in [2.45, 2.75) is 0 Å². The summed E-state index contributed by atoms with van der Waals surface area (Å²) in [6, 6.07) is 3.38. The van der Waals surface area contributed by atoms with Gasteiger partial charge in [0.2, 0.25) is 5.49 Å². The average Bonchev–Trinajstić information content (AvgIpc) is 2.15. The summed E-state index contributed by atoms with van der Waals surface area (Å²) in [5.41, 5.74) is 0.301. The molecule has 0 fully saturated rings. The summed E-state index contributed by atoms with van der Waals surface area (Å²) in [5.74, 6) is -1.39.